The zero-order valence-electron chi connectivity index (χ0n) is 25.8. The third-order valence-corrected chi connectivity index (χ3v) is 9.95. The second kappa shape index (κ2) is 16.0. The summed E-state index contributed by atoms with van der Waals surface area (Å²) < 4.78 is 19.5. The largest absolute Gasteiger partial charge is 0.460 e. The highest BCUT2D eigenvalue weighted by Gasteiger charge is 2.63. The Hall–Kier alpha value is -2.53. The van der Waals surface area contributed by atoms with Crippen molar-refractivity contribution in [3.8, 4) is 11.5 Å². The standard InChI is InChI=1S/C33H48N2O7S/c1-5-18-40-33-29(43-7-3)21-27(35-39-4)25-19-22(12-8-10-16-36)24(13-9-11-17-37)30(31(25)33)26-20-23(14-15-28(26)42-33)41-32(38)34-6-2/h5,14-15,19-20,22,24,29-31,36-37H,1,6-13,16-18,21H2,2-4H3,(H,34,38). The Morgan fingerprint density at radius 1 is 1.21 bits per heavy atom. The number of carbonyl (C=O) groups excluding carboxylic acids is 1. The van der Waals surface area contributed by atoms with Crippen molar-refractivity contribution >= 4 is 23.6 Å². The van der Waals surface area contributed by atoms with E-state index < -0.39 is 11.9 Å². The molecule has 1 fully saturated rings. The maximum absolute atomic E-state index is 12.4. The first kappa shape index (κ1) is 33.4. The molecule has 1 heterocycles. The van der Waals surface area contributed by atoms with Gasteiger partial charge in [0.25, 0.3) is 0 Å². The van der Waals surface area contributed by atoms with E-state index in [4.69, 9.17) is 19.0 Å². The first-order chi connectivity index (χ1) is 21.0. The number of unbranched alkanes of at least 4 members (excludes halogenated alkanes) is 2. The van der Waals surface area contributed by atoms with Crippen LogP contribution in [0.25, 0.3) is 0 Å². The molecule has 0 saturated heterocycles. The van der Waals surface area contributed by atoms with Crippen LogP contribution in [-0.4, -0.2) is 72.3 Å². The number of benzene rings is 1. The number of amides is 1. The van der Waals surface area contributed by atoms with Crippen LogP contribution in [0.3, 0.4) is 0 Å². The fraction of sp³-hybridized carbons (Fsp3) is 0.636. The second-order valence-corrected chi connectivity index (χ2v) is 12.8. The lowest BCUT2D eigenvalue weighted by molar-refractivity contribution is -0.223. The number of hydrogen-bond acceptors (Lipinski definition) is 9. The predicted octanol–water partition coefficient (Wildman–Crippen LogP) is 5.81. The number of carbonyl (C=O) groups is 1. The van der Waals surface area contributed by atoms with Gasteiger partial charge in [0.15, 0.2) is 0 Å². The average molecular weight is 617 g/mol. The Bertz CT molecular complexity index is 1160. The minimum absolute atomic E-state index is 0.0357. The van der Waals surface area contributed by atoms with Crippen LogP contribution in [0.15, 0.2) is 47.7 Å². The molecule has 3 N–H and O–H groups in total. The number of thioether (sulfide) groups is 1. The van der Waals surface area contributed by atoms with Crippen LogP contribution in [0.2, 0.25) is 0 Å². The minimum atomic E-state index is -0.974. The lowest BCUT2D eigenvalue weighted by Gasteiger charge is -2.58. The summed E-state index contributed by atoms with van der Waals surface area (Å²) in [5.41, 5.74) is 2.97. The number of nitrogens with zero attached hydrogens (tertiary/aromatic N) is 1. The molecule has 1 saturated carbocycles. The molecule has 9 nitrogen and oxygen atoms in total. The lowest BCUT2D eigenvalue weighted by atomic mass is 9.56. The molecule has 6 atom stereocenters. The molecule has 1 aliphatic heterocycles. The number of hydrogen-bond donors (Lipinski definition) is 3. The van der Waals surface area contributed by atoms with Gasteiger partial charge in [0.2, 0.25) is 5.79 Å². The molecule has 0 bridgehead atoms. The van der Waals surface area contributed by atoms with Gasteiger partial charge in [-0.2, -0.15) is 11.8 Å². The first-order valence-electron chi connectivity index (χ1n) is 15.7. The van der Waals surface area contributed by atoms with Crippen molar-refractivity contribution in [2.24, 2.45) is 22.9 Å². The summed E-state index contributed by atoms with van der Waals surface area (Å²) in [4.78, 5) is 17.8. The van der Waals surface area contributed by atoms with Crippen LogP contribution in [0, 0.1) is 17.8 Å². The van der Waals surface area contributed by atoms with Crippen molar-refractivity contribution < 1.29 is 34.1 Å². The Morgan fingerprint density at radius 2 is 1.98 bits per heavy atom. The quantitative estimate of drug-likeness (QED) is 0.121. The number of ether oxygens (including phenoxy) is 3. The summed E-state index contributed by atoms with van der Waals surface area (Å²) in [5, 5.41) is 26.4. The molecule has 3 aliphatic rings. The van der Waals surface area contributed by atoms with Gasteiger partial charge in [-0.25, -0.2) is 4.79 Å². The number of aliphatic hydroxyl groups excluding tert-OH is 2. The molecule has 1 aromatic carbocycles. The summed E-state index contributed by atoms with van der Waals surface area (Å²) in [6, 6.07) is 5.62. The van der Waals surface area contributed by atoms with E-state index >= 15 is 0 Å². The maximum Gasteiger partial charge on any atom is 0.412 e. The summed E-state index contributed by atoms with van der Waals surface area (Å²) >= 11 is 1.80. The average Bonchev–Trinajstić information content (AvgIpc) is 2.99. The minimum Gasteiger partial charge on any atom is -0.460 e. The maximum atomic E-state index is 12.4. The molecular formula is C33H48N2O7S. The van der Waals surface area contributed by atoms with Gasteiger partial charge in [-0.1, -0.05) is 37.1 Å². The SMILES string of the molecule is C=CCOC12Oc3ccc(OC(=O)NCC)cc3C3C(CCCCO)C(CCCCO)C=C(C(=NOC)CC1SCC)C32. The van der Waals surface area contributed by atoms with Crippen LogP contribution in [0.1, 0.15) is 70.3 Å². The van der Waals surface area contributed by atoms with E-state index in [2.05, 4.69) is 30.1 Å². The number of oxime groups is 1. The molecule has 10 heteroatoms. The molecule has 4 rings (SSSR count). The molecule has 1 aromatic rings. The second-order valence-electron chi connectivity index (χ2n) is 11.3. The van der Waals surface area contributed by atoms with Crippen LogP contribution in [0.5, 0.6) is 11.5 Å². The number of nitrogens with one attached hydrogen (secondary N) is 1. The Balaban J connectivity index is 1.94. The number of rotatable bonds is 16. The monoisotopic (exact) mass is 616 g/mol. The highest BCUT2D eigenvalue weighted by Crippen LogP contribution is 2.62. The van der Waals surface area contributed by atoms with Gasteiger partial charge in [0, 0.05) is 37.7 Å². The highest BCUT2D eigenvalue weighted by atomic mass is 32.2. The van der Waals surface area contributed by atoms with Crippen LogP contribution < -0.4 is 14.8 Å². The third-order valence-electron chi connectivity index (χ3n) is 8.72. The molecule has 1 amide bonds. The molecule has 6 unspecified atom stereocenters. The van der Waals surface area contributed by atoms with E-state index in [0.717, 1.165) is 66.9 Å². The molecular weight excluding hydrogens is 568 g/mol. The Labute approximate surface area is 260 Å². The van der Waals surface area contributed by atoms with Gasteiger partial charge in [-0.05, 0) is 74.0 Å². The van der Waals surface area contributed by atoms with E-state index in [1.165, 1.54) is 0 Å². The summed E-state index contributed by atoms with van der Waals surface area (Å²) in [7, 11) is 1.58. The van der Waals surface area contributed by atoms with Crippen molar-refractivity contribution in [2.45, 2.75) is 75.7 Å². The molecule has 238 valence electrons. The van der Waals surface area contributed by atoms with E-state index in [0.29, 0.717) is 25.3 Å². The van der Waals surface area contributed by atoms with Crippen molar-refractivity contribution in [3.63, 3.8) is 0 Å². The molecule has 0 aromatic heterocycles. The normalized spacial score (nSPS) is 28.3. The van der Waals surface area contributed by atoms with Crippen LogP contribution >= 0.6 is 11.8 Å². The van der Waals surface area contributed by atoms with Crippen molar-refractivity contribution in [2.75, 3.05) is 39.2 Å². The van der Waals surface area contributed by atoms with E-state index in [9.17, 15) is 15.0 Å². The van der Waals surface area contributed by atoms with E-state index in [-0.39, 0.29) is 42.1 Å². The highest BCUT2D eigenvalue weighted by molar-refractivity contribution is 8.00. The molecule has 43 heavy (non-hydrogen) atoms. The van der Waals surface area contributed by atoms with Gasteiger partial charge in [-0.3, -0.25) is 0 Å². The topological polar surface area (TPSA) is 119 Å². The fourth-order valence-electron chi connectivity index (χ4n) is 7.14. The first-order valence-corrected chi connectivity index (χ1v) is 16.7. The fourth-order valence-corrected chi connectivity index (χ4v) is 8.31. The smallest absolute Gasteiger partial charge is 0.412 e. The van der Waals surface area contributed by atoms with E-state index in [1.807, 2.05) is 19.1 Å². The Morgan fingerprint density at radius 3 is 2.65 bits per heavy atom. The van der Waals surface area contributed by atoms with Crippen LogP contribution in [0.4, 0.5) is 4.79 Å². The third kappa shape index (κ3) is 7.24. The number of allylic oxidation sites excluding steroid dienone is 1. The van der Waals surface area contributed by atoms with Crippen molar-refractivity contribution in [3.05, 3.63) is 48.1 Å². The van der Waals surface area contributed by atoms with Gasteiger partial charge in [-0.15, -0.1) is 6.58 Å². The van der Waals surface area contributed by atoms with Gasteiger partial charge >= 0.3 is 6.09 Å². The zero-order valence-corrected chi connectivity index (χ0v) is 26.6. The Kier molecular flexibility index (Phi) is 12.4. The summed E-state index contributed by atoms with van der Waals surface area (Å²) in [6.07, 6.45) is 9.30. The number of fused-ring (bicyclic) bond motifs is 2. The predicted molar refractivity (Wildman–Crippen MR) is 170 cm³/mol. The summed E-state index contributed by atoms with van der Waals surface area (Å²) in [6.45, 7) is 9.03. The zero-order chi connectivity index (χ0) is 30.8. The van der Waals surface area contributed by atoms with Gasteiger partial charge in [0.1, 0.15) is 18.6 Å². The van der Waals surface area contributed by atoms with Gasteiger partial charge in [0.05, 0.1) is 23.5 Å². The van der Waals surface area contributed by atoms with Crippen molar-refractivity contribution in [1.29, 1.82) is 0 Å². The molecule has 2 aliphatic carbocycles. The number of aliphatic hydroxyl groups is 2. The molecule has 0 spiro atoms. The van der Waals surface area contributed by atoms with E-state index in [1.54, 1.807) is 31.0 Å². The summed E-state index contributed by atoms with van der Waals surface area (Å²) in [5.74, 6) is 1.25. The molecule has 0 radical (unpaired) electrons. The van der Waals surface area contributed by atoms with Crippen LogP contribution in [-0.2, 0) is 9.57 Å². The van der Waals surface area contributed by atoms with Gasteiger partial charge < -0.3 is 34.6 Å². The lowest BCUT2D eigenvalue weighted by Crippen LogP contribution is -2.64. The van der Waals surface area contributed by atoms with Crippen molar-refractivity contribution in [1.82, 2.24) is 5.32 Å².